The summed E-state index contributed by atoms with van der Waals surface area (Å²) in [4.78, 5) is 11.6. The van der Waals surface area contributed by atoms with Gasteiger partial charge in [-0.3, -0.25) is 4.79 Å². The van der Waals surface area contributed by atoms with Crippen LogP contribution in [0.1, 0.15) is 49.4 Å². The van der Waals surface area contributed by atoms with Gasteiger partial charge in [0.05, 0.1) is 5.69 Å². The first-order valence-electron chi connectivity index (χ1n) is 7.73. The Morgan fingerprint density at radius 2 is 2.23 bits per heavy atom. The average Bonchev–Trinajstić information content (AvgIpc) is 2.88. The van der Waals surface area contributed by atoms with Gasteiger partial charge in [-0.05, 0) is 42.5 Å². The molecule has 0 aliphatic carbocycles. The van der Waals surface area contributed by atoms with Crippen molar-refractivity contribution in [2.75, 3.05) is 10.6 Å². The second-order valence-electron chi connectivity index (χ2n) is 6.01. The van der Waals surface area contributed by atoms with Gasteiger partial charge in [0.1, 0.15) is 6.26 Å². The third-order valence-electron chi connectivity index (χ3n) is 3.93. The third-order valence-corrected chi connectivity index (χ3v) is 3.93. The number of anilines is 2. The summed E-state index contributed by atoms with van der Waals surface area (Å²) in [6, 6.07) is 6.08. The van der Waals surface area contributed by atoms with E-state index in [0.29, 0.717) is 18.9 Å². The quantitative estimate of drug-likeness (QED) is 0.903. The van der Waals surface area contributed by atoms with Crippen LogP contribution in [0.15, 0.2) is 29.0 Å². The van der Waals surface area contributed by atoms with Crippen LogP contribution in [0.25, 0.3) is 0 Å². The maximum atomic E-state index is 11.6. The number of nitrogens with one attached hydrogen (secondary N) is 2. The van der Waals surface area contributed by atoms with Gasteiger partial charge >= 0.3 is 0 Å². The number of aromatic nitrogens is 1. The Bertz CT molecular complexity index is 676. The first kappa shape index (κ1) is 14.6. The molecule has 2 heterocycles. The molecule has 0 unspecified atom stereocenters. The summed E-state index contributed by atoms with van der Waals surface area (Å²) in [5.41, 5.74) is 5.24. The lowest BCUT2D eigenvalue weighted by Crippen LogP contribution is -2.09. The molecule has 1 aromatic carbocycles. The fourth-order valence-electron chi connectivity index (χ4n) is 2.76. The molecule has 1 aliphatic rings. The van der Waals surface area contributed by atoms with Gasteiger partial charge in [-0.2, -0.15) is 0 Å². The molecule has 0 fully saturated rings. The number of carbonyl (C=O) groups is 1. The van der Waals surface area contributed by atoms with Crippen molar-refractivity contribution in [1.29, 1.82) is 0 Å². The maximum absolute atomic E-state index is 11.6. The Hall–Kier alpha value is -2.30. The zero-order chi connectivity index (χ0) is 15.5. The number of hydrogen-bond acceptors (Lipinski definition) is 4. The van der Waals surface area contributed by atoms with Crippen LogP contribution in [-0.2, 0) is 17.8 Å². The van der Waals surface area contributed by atoms with Crippen LogP contribution < -0.4 is 10.6 Å². The molecule has 22 heavy (non-hydrogen) atoms. The van der Waals surface area contributed by atoms with E-state index in [-0.39, 0.29) is 5.91 Å². The van der Waals surface area contributed by atoms with E-state index in [1.165, 1.54) is 5.56 Å². The van der Waals surface area contributed by atoms with Crippen molar-refractivity contribution in [3.8, 4) is 0 Å². The molecule has 0 spiro atoms. The van der Waals surface area contributed by atoms with Crippen LogP contribution in [0, 0.1) is 0 Å². The molecule has 0 radical (unpaired) electrons. The minimum atomic E-state index is 0.102. The van der Waals surface area contributed by atoms with Crippen LogP contribution in [0.3, 0.4) is 0 Å². The van der Waals surface area contributed by atoms with E-state index >= 15 is 0 Å². The third kappa shape index (κ3) is 3.13. The van der Waals surface area contributed by atoms with Gasteiger partial charge in [-0.1, -0.05) is 19.0 Å². The summed E-state index contributed by atoms with van der Waals surface area (Å²) in [6.45, 7) is 4.89. The number of amides is 1. The minimum Gasteiger partial charge on any atom is -0.381 e. The molecule has 0 bridgehead atoms. The van der Waals surface area contributed by atoms with Crippen molar-refractivity contribution >= 4 is 17.3 Å². The lowest BCUT2D eigenvalue weighted by atomic mass is 10.1. The molecule has 116 valence electrons. The molecule has 3 rings (SSSR count). The minimum absolute atomic E-state index is 0.102. The normalized spacial score (nSPS) is 14.4. The molecule has 5 heteroatoms. The van der Waals surface area contributed by atoms with Gasteiger partial charge in [0, 0.05) is 29.9 Å². The summed E-state index contributed by atoms with van der Waals surface area (Å²) < 4.78 is 5.08. The lowest BCUT2D eigenvalue weighted by Gasteiger charge is -2.11. The SMILES string of the molecule is CC(C)c1nocc1CNc1ccc2c(c1)CCCC(=O)N2. The van der Waals surface area contributed by atoms with Gasteiger partial charge in [0.2, 0.25) is 5.91 Å². The van der Waals surface area contributed by atoms with E-state index < -0.39 is 0 Å². The van der Waals surface area contributed by atoms with Crippen molar-refractivity contribution in [3.63, 3.8) is 0 Å². The Labute approximate surface area is 130 Å². The van der Waals surface area contributed by atoms with Crippen LogP contribution in [0.5, 0.6) is 0 Å². The fourth-order valence-corrected chi connectivity index (χ4v) is 2.76. The Morgan fingerprint density at radius 3 is 3.05 bits per heavy atom. The summed E-state index contributed by atoms with van der Waals surface area (Å²) in [5, 5.41) is 10.4. The predicted octanol–water partition coefficient (Wildman–Crippen LogP) is 3.68. The summed E-state index contributed by atoms with van der Waals surface area (Å²) >= 11 is 0. The zero-order valence-electron chi connectivity index (χ0n) is 13.0. The Balaban J connectivity index is 1.72. The molecule has 2 aromatic rings. The van der Waals surface area contributed by atoms with Gasteiger partial charge in [-0.15, -0.1) is 0 Å². The second kappa shape index (κ2) is 6.22. The topological polar surface area (TPSA) is 67.2 Å². The smallest absolute Gasteiger partial charge is 0.224 e. The van der Waals surface area contributed by atoms with Gasteiger partial charge in [0.15, 0.2) is 0 Å². The molecular weight excluding hydrogens is 278 g/mol. The van der Waals surface area contributed by atoms with E-state index in [1.807, 2.05) is 12.1 Å². The first-order chi connectivity index (χ1) is 10.6. The van der Waals surface area contributed by atoms with Crippen molar-refractivity contribution in [1.82, 2.24) is 5.16 Å². The van der Waals surface area contributed by atoms with Gasteiger partial charge < -0.3 is 15.2 Å². The van der Waals surface area contributed by atoms with Crippen molar-refractivity contribution in [2.45, 2.75) is 45.6 Å². The van der Waals surface area contributed by atoms with E-state index in [9.17, 15) is 4.79 Å². The van der Waals surface area contributed by atoms with Crippen molar-refractivity contribution < 1.29 is 9.32 Å². The highest BCUT2D eigenvalue weighted by molar-refractivity contribution is 5.92. The van der Waals surface area contributed by atoms with E-state index in [1.54, 1.807) is 6.26 Å². The van der Waals surface area contributed by atoms with Crippen molar-refractivity contribution in [2.24, 2.45) is 0 Å². The number of aryl methyl sites for hydroxylation is 1. The molecule has 0 atom stereocenters. The number of benzene rings is 1. The molecule has 1 aliphatic heterocycles. The molecule has 1 aromatic heterocycles. The fraction of sp³-hybridized carbons (Fsp3) is 0.412. The maximum Gasteiger partial charge on any atom is 0.224 e. The molecule has 5 nitrogen and oxygen atoms in total. The largest absolute Gasteiger partial charge is 0.381 e. The van der Waals surface area contributed by atoms with Gasteiger partial charge in [-0.25, -0.2) is 0 Å². The summed E-state index contributed by atoms with van der Waals surface area (Å²) in [5.74, 6) is 0.448. The standard InChI is InChI=1S/C17H21N3O2/c1-11(2)17-13(10-22-20-17)9-18-14-6-7-15-12(8-14)4-3-5-16(21)19-15/h6-8,10-11,18H,3-5,9H2,1-2H3,(H,19,21). The number of fused-ring (bicyclic) bond motifs is 1. The predicted molar refractivity (Wildman–Crippen MR) is 85.9 cm³/mol. The zero-order valence-corrected chi connectivity index (χ0v) is 13.0. The van der Waals surface area contributed by atoms with Crippen LogP contribution in [-0.4, -0.2) is 11.1 Å². The van der Waals surface area contributed by atoms with E-state index in [2.05, 4.69) is 35.7 Å². The highest BCUT2D eigenvalue weighted by Crippen LogP contribution is 2.26. The average molecular weight is 299 g/mol. The number of nitrogens with zero attached hydrogens (tertiary/aromatic N) is 1. The van der Waals surface area contributed by atoms with Crippen LogP contribution in [0.2, 0.25) is 0 Å². The van der Waals surface area contributed by atoms with Crippen LogP contribution >= 0.6 is 0 Å². The summed E-state index contributed by atoms with van der Waals surface area (Å²) in [7, 11) is 0. The monoisotopic (exact) mass is 299 g/mol. The Morgan fingerprint density at radius 1 is 1.36 bits per heavy atom. The molecule has 0 saturated heterocycles. The Kier molecular flexibility index (Phi) is 4.13. The molecular formula is C17H21N3O2. The molecule has 1 amide bonds. The highest BCUT2D eigenvalue weighted by atomic mass is 16.5. The highest BCUT2D eigenvalue weighted by Gasteiger charge is 2.14. The second-order valence-corrected chi connectivity index (χ2v) is 6.01. The van der Waals surface area contributed by atoms with E-state index in [0.717, 1.165) is 35.5 Å². The first-order valence-corrected chi connectivity index (χ1v) is 7.73. The lowest BCUT2D eigenvalue weighted by molar-refractivity contribution is -0.116. The summed E-state index contributed by atoms with van der Waals surface area (Å²) in [6.07, 6.45) is 4.11. The van der Waals surface area contributed by atoms with E-state index in [4.69, 9.17) is 4.52 Å². The molecule has 0 saturated carbocycles. The number of rotatable bonds is 4. The van der Waals surface area contributed by atoms with Gasteiger partial charge in [0.25, 0.3) is 0 Å². The van der Waals surface area contributed by atoms with Crippen molar-refractivity contribution in [3.05, 3.63) is 41.3 Å². The van der Waals surface area contributed by atoms with Crippen LogP contribution in [0.4, 0.5) is 11.4 Å². The molecule has 2 N–H and O–H groups in total. The number of carbonyl (C=O) groups excluding carboxylic acids is 1. The number of hydrogen-bond donors (Lipinski definition) is 2.